The Balaban J connectivity index is 1.69. The van der Waals surface area contributed by atoms with Crippen LogP contribution in [0.3, 0.4) is 0 Å². The standard InChI is InChI=1S/C19H18Cl2N2O4S/c20-12-2-1-3-13(21)16(12)17(24)22-18-15(11-4-7-27-10-14(11)28-18)19(25)23-5-8-26-9-6-23/h1-3H,4-10H2,(H,22,24). The molecular formula is C19H18Cl2N2O4S. The van der Waals surface area contributed by atoms with E-state index >= 15 is 0 Å². The number of hydrogen-bond acceptors (Lipinski definition) is 5. The van der Waals surface area contributed by atoms with Gasteiger partial charge in [0.1, 0.15) is 5.00 Å². The summed E-state index contributed by atoms with van der Waals surface area (Å²) in [4.78, 5) is 28.8. The number of thiophene rings is 1. The van der Waals surface area contributed by atoms with Gasteiger partial charge in [-0.15, -0.1) is 11.3 Å². The van der Waals surface area contributed by atoms with Gasteiger partial charge in [0, 0.05) is 18.0 Å². The van der Waals surface area contributed by atoms with Crippen molar-refractivity contribution in [1.82, 2.24) is 4.90 Å². The minimum atomic E-state index is -0.439. The zero-order chi connectivity index (χ0) is 19.7. The summed E-state index contributed by atoms with van der Waals surface area (Å²) in [6.07, 6.45) is 0.639. The highest BCUT2D eigenvalue weighted by atomic mass is 35.5. The number of fused-ring (bicyclic) bond motifs is 1. The van der Waals surface area contributed by atoms with E-state index in [9.17, 15) is 9.59 Å². The molecule has 0 saturated carbocycles. The van der Waals surface area contributed by atoms with E-state index in [2.05, 4.69) is 5.32 Å². The van der Waals surface area contributed by atoms with E-state index in [4.69, 9.17) is 32.7 Å². The first-order chi connectivity index (χ1) is 13.6. The molecule has 1 fully saturated rings. The number of rotatable bonds is 3. The Morgan fingerprint density at radius 3 is 2.46 bits per heavy atom. The fourth-order valence-electron chi connectivity index (χ4n) is 3.35. The number of anilines is 1. The highest BCUT2D eigenvalue weighted by Crippen LogP contribution is 2.38. The van der Waals surface area contributed by atoms with Gasteiger partial charge in [-0.05, 0) is 24.1 Å². The van der Waals surface area contributed by atoms with Crippen LogP contribution in [0.4, 0.5) is 5.00 Å². The number of hydrogen-bond donors (Lipinski definition) is 1. The average molecular weight is 441 g/mol. The summed E-state index contributed by atoms with van der Waals surface area (Å²) in [5.41, 5.74) is 1.69. The molecular weight excluding hydrogens is 423 g/mol. The van der Waals surface area contributed by atoms with Crippen LogP contribution < -0.4 is 5.32 Å². The van der Waals surface area contributed by atoms with Gasteiger partial charge in [-0.1, -0.05) is 29.3 Å². The molecule has 148 valence electrons. The molecule has 4 rings (SSSR count). The lowest BCUT2D eigenvalue weighted by atomic mass is 10.0. The molecule has 9 heteroatoms. The molecule has 6 nitrogen and oxygen atoms in total. The first kappa shape index (κ1) is 19.7. The van der Waals surface area contributed by atoms with Crippen molar-refractivity contribution >= 4 is 51.4 Å². The first-order valence-electron chi connectivity index (χ1n) is 8.91. The average Bonchev–Trinajstić information content (AvgIpc) is 3.05. The van der Waals surface area contributed by atoms with E-state index in [1.807, 2.05) is 0 Å². The van der Waals surface area contributed by atoms with Crippen molar-refractivity contribution in [1.29, 1.82) is 0 Å². The third kappa shape index (κ3) is 3.77. The summed E-state index contributed by atoms with van der Waals surface area (Å²) in [7, 11) is 0. The Morgan fingerprint density at radius 2 is 1.75 bits per heavy atom. The molecule has 0 aliphatic carbocycles. The highest BCUT2D eigenvalue weighted by Gasteiger charge is 2.31. The number of halogens is 2. The number of benzene rings is 1. The first-order valence-corrected chi connectivity index (χ1v) is 10.5. The normalized spacial score (nSPS) is 16.6. The van der Waals surface area contributed by atoms with Gasteiger partial charge in [-0.3, -0.25) is 9.59 Å². The summed E-state index contributed by atoms with van der Waals surface area (Å²) < 4.78 is 10.9. The van der Waals surface area contributed by atoms with Gasteiger partial charge in [0.2, 0.25) is 0 Å². The van der Waals surface area contributed by atoms with Crippen molar-refractivity contribution in [3.63, 3.8) is 0 Å². The van der Waals surface area contributed by atoms with Crippen LogP contribution >= 0.6 is 34.5 Å². The van der Waals surface area contributed by atoms with E-state index in [1.54, 1.807) is 23.1 Å². The second-order valence-electron chi connectivity index (χ2n) is 6.47. The van der Waals surface area contributed by atoms with E-state index in [-0.39, 0.29) is 21.5 Å². The predicted molar refractivity (Wildman–Crippen MR) is 109 cm³/mol. The molecule has 28 heavy (non-hydrogen) atoms. The van der Waals surface area contributed by atoms with Crippen molar-refractivity contribution in [3.05, 3.63) is 49.8 Å². The van der Waals surface area contributed by atoms with Crippen LogP contribution in [0.15, 0.2) is 18.2 Å². The molecule has 2 aliphatic rings. The van der Waals surface area contributed by atoms with Gasteiger partial charge in [0.25, 0.3) is 11.8 Å². The second kappa shape index (κ2) is 8.39. The number of morpholine rings is 1. The number of carbonyl (C=O) groups is 2. The van der Waals surface area contributed by atoms with E-state index in [0.29, 0.717) is 56.5 Å². The molecule has 1 saturated heterocycles. The predicted octanol–water partition coefficient (Wildman–Crippen LogP) is 3.85. The van der Waals surface area contributed by atoms with Gasteiger partial charge in [0.15, 0.2) is 0 Å². The van der Waals surface area contributed by atoms with Crippen molar-refractivity contribution in [3.8, 4) is 0 Å². The highest BCUT2D eigenvalue weighted by molar-refractivity contribution is 7.17. The van der Waals surface area contributed by atoms with E-state index in [0.717, 1.165) is 10.4 Å². The molecule has 0 unspecified atom stereocenters. The van der Waals surface area contributed by atoms with E-state index in [1.165, 1.54) is 11.3 Å². The van der Waals surface area contributed by atoms with Crippen LogP contribution in [0.2, 0.25) is 10.0 Å². The summed E-state index contributed by atoms with van der Waals surface area (Å²) in [6, 6.07) is 4.89. The Hall–Kier alpha value is -1.64. The Kier molecular flexibility index (Phi) is 5.89. The van der Waals surface area contributed by atoms with Crippen LogP contribution in [0, 0.1) is 0 Å². The Bertz CT molecular complexity index is 905. The van der Waals surface area contributed by atoms with Crippen LogP contribution in [-0.4, -0.2) is 49.6 Å². The molecule has 2 aromatic rings. The quantitative estimate of drug-likeness (QED) is 0.786. The summed E-state index contributed by atoms with van der Waals surface area (Å²) in [5, 5.41) is 3.89. The molecule has 2 aliphatic heterocycles. The summed E-state index contributed by atoms with van der Waals surface area (Å²) in [6.45, 7) is 3.08. The molecule has 2 amide bonds. The molecule has 1 N–H and O–H groups in total. The van der Waals surface area contributed by atoms with Crippen molar-refractivity contribution in [2.45, 2.75) is 13.0 Å². The number of nitrogens with one attached hydrogen (secondary N) is 1. The number of carbonyl (C=O) groups excluding carboxylic acids is 2. The molecule has 3 heterocycles. The topological polar surface area (TPSA) is 67.9 Å². The van der Waals surface area contributed by atoms with Crippen LogP contribution in [0.5, 0.6) is 0 Å². The zero-order valence-electron chi connectivity index (χ0n) is 14.9. The monoisotopic (exact) mass is 440 g/mol. The SMILES string of the molecule is O=C(Nc1sc2c(c1C(=O)N1CCOCC1)CCOC2)c1c(Cl)cccc1Cl. The van der Waals surface area contributed by atoms with Gasteiger partial charge in [0.05, 0.1) is 47.6 Å². The molecule has 0 bridgehead atoms. The fourth-order valence-corrected chi connectivity index (χ4v) is 5.09. The second-order valence-corrected chi connectivity index (χ2v) is 8.39. The summed E-state index contributed by atoms with van der Waals surface area (Å²) in [5.74, 6) is -0.533. The lowest BCUT2D eigenvalue weighted by Gasteiger charge is -2.27. The van der Waals surface area contributed by atoms with Gasteiger partial charge < -0.3 is 19.7 Å². The van der Waals surface area contributed by atoms with Crippen LogP contribution in [0.25, 0.3) is 0 Å². The third-order valence-corrected chi connectivity index (χ3v) is 6.50. The van der Waals surface area contributed by atoms with Crippen molar-refractivity contribution < 1.29 is 19.1 Å². The fraction of sp³-hybridized carbons (Fsp3) is 0.368. The van der Waals surface area contributed by atoms with Crippen LogP contribution in [-0.2, 0) is 22.5 Å². The maximum absolute atomic E-state index is 13.2. The minimum absolute atomic E-state index is 0.0942. The number of ether oxygens (including phenoxy) is 2. The van der Waals surface area contributed by atoms with Crippen molar-refractivity contribution in [2.24, 2.45) is 0 Å². The van der Waals surface area contributed by atoms with Gasteiger partial charge in [-0.25, -0.2) is 0 Å². The van der Waals surface area contributed by atoms with Gasteiger partial charge >= 0.3 is 0 Å². The molecule has 1 aromatic heterocycles. The zero-order valence-corrected chi connectivity index (χ0v) is 17.3. The molecule has 1 aromatic carbocycles. The maximum atomic E-state index is 13.2. The number of nitrogens with zero attached hydrogens (tertiary/aromatic N) is 1. The summed E-state index contributed by atoms with van der Waals surface area (Å²) >= 11 is 13.7. The maximum Gasteiger partial charge on any atom is 0.259 e. The lowest BCUT2D eigenvalue weighted by molar-refractivity contribution is 0.0302. The number of amides is 2. The molecule has 0 spiro atoms. The van der Waals surface area contributed by atoms with Gasteiger partial charge in [-0.2, -0.15) is 0 Å². The Morgan fingerprint density at radius 1 is 1.04 bits per heavy atom. The lowest BCUT2D eigenvalue weighted by Crippen LogP contribution is -2.41. The Labute approximate surface area is 176 Å². The van der Waals surface area contributed by atoms with E-state index < -0.39 is 5.91 Å². The smallest absolute Gasteiger partial charge is 0.259 e. The van der Waals surface area contributed by atoms with Crippen molar-refractivity contribution in [2.75, 3.05) is 38.2 Å². The van der Waals surface area contributed by atoms with Crippen LogP contribution in [0.1, 0.15) is 31.2 Å². The third-order valence-electron chi connectivity index (χ3n) is 4.75. The largest absolute Gasteiger partial charge is 0.378 e. The minimum Gasteiger partial charge on any atom is -0.378 e. The molecule has 0 atom stereocenters. The molecule has 0 radical (unpaired) electrons.